The molecule has 0 unspecified atom stereocenters. The highest BCUT2D eigenvalue weighted by Crippen LogP contribution is 2.32. The van der Waals surface area contributed by atoms with E-state index in [1.807, 2.05) is 30.6 Å². The average molecular weight is 398 g/mol. The fraction of sp³-hybridized carbons (Fsp3) is 0.421. The lowest BCUT2D eigenvalue weighted by Gasteiger charge is -2.32. The zero-order valence-electron chi connectivity index (χ0n) is 14.0. The van der Waals surface area contributed by atoms with E-state index >= 15 is 0 Å². The number of hydrogen-bond donors (Lipinski definition) is 0. The van der Waals surface area contributed by atoms with Crippen molar-refractivity contribution in [1.82, 2.24) is 24.6 Å². The highest BCUT2D eigenvalue weighted by atomic mass is 79.9. The minimum atomic E-state index is 0.504. The molecule has 0 amide bonds. The standard InChI is InChI=1S/C19H20BrN5/c20-16-2-1-3-17-19(16)23-18(11-21-17)13-10-22-25(12-13)15-6-8-24(9-7-15)14-4-5-14/h1-3,10-12,14-15H,4-9H2. The van der Waals surface area contributed by atoms with Gasteiger partial charge in [0.25, 0.3) is 0 Å². The van der Waals surface area contributed by atoms with Crippen LogP contribution in [0.2, 0.25) is 0 Å². The van der Waals surface area contributed by atoms with Crippen LogP contribution < -0.4 is 0 Å². The third-order valence-electron chi connectivity index (χ3n) is 5.36. The highest BCUT2D eigenvalue weighted by Gasteiger charge is 2.32. The first-order valence-electron chi connectivity index (χ1n) is 8.98. The average Bonchev–Trinajstić information content (AvgIpc) is 3.39. The largest absolute Gasteiger partial charge is 0.300 e. The Kier molecular flexibility index (Phi) is 3.82. The number of hydrogen-bond acceptors (Lipinski definition) is 4. The van der Waals surface area contributed by atoms with Gasteiger partial charge in [0.2, 0.25) is 0 Å². The molecule has 2 aliphatic rings. The van der Waals surface area contributed by atoms with Crippen LogP contribution >= 0.6 is 15.9 Å². The maximum absolute atomic E-state index is 4.78. The first-order chi connectivity index (χ1) is 12.3. The predicted molar refractivity (Wildman–Crippen MR) is 101 cm³/mol. The van der Waals surface area contributed by atoms with E-state index in [2.05, 4.69) is 41.8 Å². The van der Waals surface area contributed by atoms with Crippen molar-refractivity contribution >= 4 is 27.0 Å². The minimum absolute atomic E-state index is 0.504. The van der Waals surface area contributed by atoms with E-state index in [-0.39, 0.29) is 0 Å². The molecule has 1 aromatic carbocycles. The molecule has 3 heterocycles. The van der Waals surface area contributed by atoms with Crippen molar-refractivity contribution in [1.29, 1.82) is 0 Å². The molecular weight excluding hydrogens is 378 g/mol. The number of aromatic nitrogens is 4. The molecule has 0 bridgehead atoms. The second kappa shape index (κ2) is 6.18. The van der Waals surface area contributed by atoms with E-state index in [1.165, 1.54) is 38.8 Å². The molecule has 0 N–H and O–H groups in total. The van der Waals surface area contributed by atoms with E-state index in [0.717, 1.165) is 32.8 Å². The lowest BCUT2D eigenvalue weighted by atomic mass is 10.1. The number of rotatable bonds is 3. The molecule has 0 radical (unpaired) electrons. The van der Waals surface area contributed by atoms with Crippen LogP contribution in [-0.2, 0) is 0 Å². The van der Waals surface area contributed by atoms with Crippen LogP contribution in [0.5, 0.6) is 0 Å². The Labute approximate surface area is 155 Å². The van der Waals surface area contributed by atoms with Gasteiger partial charge < -0.3 is 4.90 Å². The van der Waals surface area contributed by atoms with Gasteiger partial charge in [0.1, 0.15) is 5.52 Å². The molecule has 3 aromatic rings. The molecule has 128 valence electrons. The molecule has 1 saturated heterocycles. The third-order valence-corrected chi connectivity index (χ3v) is 6.00. The normalized spacial score (nSPS) is 19.6. The van der Waals surface area contributed by atoms with Gasteiger partial charge in [0.05, 0.1) is 29.6 Å². The quantitative estimate of drug-likeness (QED) is 0.668. The monoisotopic (exact) mass is 397 g/mol. The van der Waals surface area contributed by atoms with Gasteiger partial charge in [-0.05, 0) is 53.7 Å². The van der Waals surface area contributed by atoms with Gasteiger partial charge in [-0.2, -0.15) is 5.10 Å². The summed E-state index contributed by atoms with van der Waals surface area (Å²) >= 11 is 3.57. The maximum atomic E-state index is 4.78. The number of benzene rings is 1. The lowest BCUT2D eigenvalue weighted by Crippen LogP contribution is -2.36. The van der Waals surface area contributed by atoms with Crippen LogP contribution in [-0.4, -0.2) is 43.8 Å². The first-order valence-corrected chi connectivity index (χ1v) is 9.77. The Morgan fingerprint density at radius 2 is 1.84 bits per heavy atom. The van der Waals surface area contributed by atoms with E-state index in [1.54, 1.807) is 0 Å². The van der Waals surface area contributed by atoms with Crippen molar-refractivity contribution in [2.75, 3.05) is 13.1 Å². The van der Waals surface area contributed by atoms with E-state index in [4.69, 9.17) is 4.98 Å². The first kappa shape index (κ1) is 15.5. The van der Waals surface area contributed by atoms with Gasteiger partial charge in [-0.15, -0.1) is 0 Å². The number of likely N-dealkylation sites (tertiary alicyclic amines) is 1. The van der Waals surface area contributed by atoms with Crippen molar-refractivity contribution in [3.05, 3.63) is 41.3 Å². The number of nitrogens with zero attached hydrogens (tertiary/aromatic N) is 5. The van der Waals surface area contributed by atoms with Gasteiger partial charge in [0, 0.05) is 35.4 Å². The van der Waals surface area contributed by atoms with Crippen molar-refractivity contribution in [2.45, 2.75) is 37.8 Å². The summed E-state index contributed by atoms with van der Waals surface area (Å²) in [5, 5.41) is 4.62. The molecule has 1 aliphatic carbocycles. The summed E-state index contributed by atoms with van der Waals surface area (Å²) in [5.41, 5.74) is 3.71. The summed E-state index contributed by atoms with van der Waals surface area (Å²) < 4.78 is 3.10. The SMILES string of the molecule is Brc1cccc2ncc(-c3cnn(C4CCN(C5CC5)CC4)c3)nc12. The Morgan fingerprint density at radius 3 is 2.64 bits per heavy atom. The molecule has 1 aliphatic heterocycles. The van der Waals surface area contributed by atoms with Crippen molar-refractivity contribution in [2.24, 2.45) is 0 Å². The van der Waals surface area contributed by atoms with Crippen LogP contribution in [0.25, 0.3) is 22.3 Å². The molecule has 0 spiro atoms. The number of halogens is 1. The fourth-order valence-electron chi connectivity index (χ4n) is 3.76. The third kappa shape index (κ3) is 2.98. The number of piperidine rings is 1. The Bertz CT molecular complexity index is 909. The molecule has 2 fully saturated rings. The Balaban J connectivity index is 1.38. The summed E-state index contributed by atoms with van der Waals surface area (Å²) in [4.78, 5) is 12.0. The van der Waals surface area contributed by atoms with Gasteiger partial charge in [0.15, 0.2) is 0 Å². The van der Waals surface area contributed by atoms with E-state index < -0.39 is 0 Å². The second-order valence-corrected chi connectivity index (χ2v) is 7.92. The van der Waals surface area contributed by atoms with Crippen molar-refractivity contribution in [3.8, 4) is 11.3 Å². The number of para-hydroxylation sites is 1. The lowest BCUT2D eigenvalue weighted by molar-refractivity contribution is 0.172. The van der Waals surface area contributed by atoms with Gasteiger partial charge >= 0.3 is 0 Å². The zero-order valence-corrected chi connectivity index (χ0v) is 15.6. The summed E-state index contributed by atoms with van der Waals surface area (Å²) in [5.74, 6) is 0. The maximum Gasteiger partial charge on any atom is 0.104 e. The summed E-state index contributed by atoms with van der Waals surface area (Å²) in [6.07, 6.45) is 11.1. The smallest absolute Gasteiger partial charge is 0.104 e. The molecule has 1 saturated carbocycles. The predicted octanol–water partition coefficient (Wildman–Crippen LogP) is 4.06. The summed E-state index contributed by atoms with van der Waals surface area (Å²) in [6.45, 7) is 2.40. The molecule has 6 heteroatoms. The molecule has 5 rings (SSSR count). The van der Waals surface area contributed by atoms with Gasteiger partial charge in [-0.1, -0.05) is 6.07 Å². The van der Waals surface area contributed by atoms with Crippen LogP contribution in [0.15, 0.2) is 41.3 Å². The zero-order chi connectivity index (χ0) is 16.8. The van der Waals surface area contributed by atoms with Crippen molar-refractivity contribution < 1.29 is 0 Å². The summed E-state index contributed by atoms with van der Waals surface area (Å²) in [6, 6.07) is 7.34. The molecule has 2 aromatic heterocycles. The topological polar surface area (TPSA) is 46.8 Å². The van der Waals surface area contributed by atoms with E-state index in [9.17, 15) is 0 Å². The fourth-order valence-corrected chi connectivity index (χ4v) is 4.21. The number of fused-ring (bicyclic) bond motifs is 1. The van der Waals surface area contributed by atoms with Crippen LogP contribution in [0.4, 0.5) is 0 Å². The van der Waals surface area contributed by atoms with Gasteiger partial charge in [-0.25, -0.2) is 4.98 Å². The Morgan fingerprint density at radius 1 is 1.00 bits per heavy atom. The van der Waals surface area contributed by atoms with Crippen LogP contribution in [0.3, 0.4) is 0 Å². The van der Waals surface area contributed by atoms with Crippen LogP contribution in [0.1, 0.15) is 31.7 Å². The minimum Gasteiger partial charge on any atom is -0.300 e. The van der Waals surface area contributed by atoms with Crippen LogP contribution in [0, 0.1) is 0 Å². The Hall–Kier alpha value is -1.79. The van der Waals surface area contributed by atoms with E-state index in [0.29, 0.717) is 6.04 Å². The van der Waals surface area contributed by atoms with Crippen molar-refractivity contribution in [3.63, 3.8) is 0 Å². The second-order valence-electron chi connectivity index (χ2n) is 7.07. The summed E-state index contributed by atoms with van der Waals surface area (Å²) in [7, 11) is 0. The molecule has 5 nitrogen and oxygen atoms in total. The molecular formula is C19H20BrN5. The molecule has 0 atom stereocenters. The molecule has 25 heavy (non-hydrogen) atoms. The highest BCUT2D eigenvalue weighted by molar-refractivity contribution is 9.10. The van der Waals surface area contributed by atoms with Gasteiger partial charge in [-0.3, -0.25) is 9.67 Å².